The van der Waals surface area contributed by atoms with Crippen LogP contribution in [0.1, 0.15) is 16.1 Å². The van der Waals surface area contributed by atoms with E-state index in [9.17, 15) is 9.18 Å². The summed E-state index contributed by atoms with van der Waals surface area (Å²) in [4.78, 5) is 22.0. The van der Waals surface area contributed by atoms with E-state index in [1.165, 1.54) is 17.4 Å². The summed E-state index contributed by atoms with van der Waals surface area (Å²) >= 11 is 1.27. The van der Waals surface area contributed by atoms with Crippen molar-refractivity contribution >= 4 is 23.1 Å². The molecule has 5 nitrogen and oxygen atoms in total. The number of nitrogens with zero attached hydrogens (tertiary/aromatic N) is 2. The molecule has 2 heterocycles. The number of hydrogen-bond donors (Lipinski definition) is 2. The van der Waals surface area contributed by atoms with E-state index in [4.69, 9.17) is 5.73 Å². The van der Waals surface area contributed by atoms with Gasteiger partial charge < -0.3 is 11.1 Å². The third-order valence-electron chi connectivity index (χ3n) is 4.57. The molecule has 7 heteroatoms. The lowest BCUT2D eigenvalue weighted by Gasteiger charge is -2.08. The third-order valence-corrected chi connectivity index (χ3v) is 5.70. The Morgan fingerprint density at radius 3 is 2.50 bits per heavy atom. The molecular weight excluding hydrogens is 399 g/mol. The molecule has 150 valence electrons. The molecule has 0 radical (unpaired) electrons. The summed E-state index contributed by atoms with van der Waals surface area (Å²) in [5.74, 6) is -0.326. The number of pyridine rings is 1. The Morgan fingerprint density at radius 1 is 1.00 bits per heavy atom. The van der Waals surface area contributed by atoms with Crippen LogP contribution in [0.5, 0.6) is 0 Å². The Hall–Kier alpha value is -3.58. The highest BCUT2D eigenvalue weighted by atomic mass is 32.1. The van der Waals surface area contributed by atoms with Gasteiger partial charge in [-0.2, -0.15) is 0 Å². The number of nitrogen functional groups attached to an aromatic ring is 1. The molecule has 0 atom stereocenters. The van der Waals surface area contributed by atoms with E-state index in [0.29, 0.717) is 39.5 Å². The summed E-state index contributed by atoms with van der Waals surface area (Å²) in [6.07, 6.45) is 2.36. The monoisotopic (exact) mass is 418 g/mol. The van der Waals surface area contributed by atoms with Gasteiger partial charge in [-0.05, 0) is 24.3 Å². The molecule has 2 aromatic heterocycles. The Kier molecular flexibility index (Phi) is 5.81. The highest BCUT2D eigenvalue weighted by Gasteiger charge is 2.19. The fraction of sp³-hybridized carbons (Fsp3) is 0.0870. The van der Waals surface area contributed by atoms with Crippen molar-refractivity contribution in [2.24, 2.45) is 0 Å². The summed E-state index contributed by atoms with van der Waals surface area (Å²) in [5, 5.41) is 3.50. The Bertz CT molecular complexity index is 1180. The number of halogens is 1. The van der Waals surface area contributed by atoms with Crippen LogP contribution >= 0.6 is 11.3 Å². The van der Waals surface area contributed by atoms with Crippen molar-refractivity contribution < 1.29 is 9.18 Å². The van der Waals surface area contributed by atoms with Crippen LogP contribution < -0.4 is 11.1 Å². The third kappa shape index (κ3) is 4.21. The van der Waals surface area contributed by atoms with Crippen LogP contribution in [0.4, 0.5) is 10.2 Å². The number of anilines is 1. The first kappa shape index (κ1) is 19.7. The van der Waals surface area contributed by atoms with Crippen molar-refractivity contribution in [3.63, 3.8) is 0 Å². The molecule has 3 N–H and O–H groups in total. The van der Waals surface area contributed by atoms with Crippen LogP contribution in [-0.4, -0.2) is 22.4 Å². The summed E-state index contributed by atoms with van der Waals surface area (Å²) in [6, 6.07) is 19.3. The second-order valence-corrected chi connectivity index (χ2v) is 7.58. The standard InChI is InChI=1S/C23H19FN4OS/c24-19-11-4-3-10-18(19)20-21(25)28-23(30-20)17-9-2-1-8-16(17)22(29)27-14-12-15-7-5-6-13-26-15/h1-11,13H,12,14,25H2,(H,27,29). The van der Waals surface area contributed by atoms with Gasteiger partial charge in [0.1, 0.15) is 16.6 Å². The molecule has 4 rings (SSSR count). The summed E-state index contributed by atoms with van der Waals surface area (Å²) in [7, 11) is 0. The zero-order valence-corrected chi connectivity index (χ0v) is 16.8. The molecule has 0 aliphatic carbocycles. The number of amides is 1. The molecule has 30 heavy (non-hydrogen) atoms. The molecule has 2 aromatic carbocycles. The largest absolute Gasteiger partial charge is 0.382 e. The fourth-order valence-corrected chi connectivity index (χ4v) is 4.15. The predicted octanol–water partition coefficient (Wildman–Crippen LogP) is 4.57. The second-order valence-electron chi connectivity index (χ2n) is 6.59. The number of benzene rings is 2. The molecule has 0 bridgehead atoms. The summed E-state index contributed by atoms with van der Waals surface area (Å²) < 4.78 is 14.2. The minimum atomic E-state index is -0.361. The van der Waals surface area contributed by atoms with E-state index in [1.807, 2.05) is 30.3 Å². The van der Waals surface area contributed by atoms with E-state index in [0.717, 1.165) is 5.69 Å². The fourth-order valence-electron chi connectivity index (χ4n) is 3.10. The Balaban J connectivity index is 1.57. The number of thiazole rings is 1. The summed E-state index contributed by atoms with van der Waals surface area (Å²) in [6.45, 7) is 0.463. The van der Waals surface area contributed by atoms with Gasteiger partial charge in [0.25, 0.3) is 5.91 Å². The molecule has 4 aromatic rings. The topological polar surface area (TPSA) is 80.9 Å². The number of hydrogen-bond acceptors (Lipinski definition) is 5. The highest BCUT2D eigenvalue weighted by Crippen LogP contribution is 2.39. The summed E-state index contributed by atoms with van der Waals surface area (Å²) in [5.41, 5.74) is 8.54. The van der Waals surface area contributed by atoms with Gasteiger partial charge in [-0.25, -0.2) is 9.37 Å². The van der Waals surface area contributed by atoms with Crippen molar-refractivity contribution in [2.75, 3.05) is 12.3 Å². The van der Waals surface area contributed by atoms with E-state index in [1.54, 1.807) is 36.5 Å². The van der Waals surface area contributed by atoms with Crippen LogP contribution in [0.2, 0.25) is 0 Å². The second kappa shape index (κ2) is 8.84. The maximum absolute atomic E-state index is 14.2. The van der Waals surface area contributed by atoms with Crippen molar-refractivity contribution in [1.29, 1.82) is 0 Å². The van der Waals surface area contributed by atoms with E-state index < -0.39 is 0 Å². The van der Waals surface area contributed by atoms with Crippen molar-refractivity contribution in [2.45, 2.75) is 6.42 Å². The molecule has 0 aliphatic heterocycles. The first-order valence-electron chi connectivity index (χ1n) is 9.42. The van der Waals surface area contributed by atoms with Crippen LogP contribution in [-0.2, 0) is 6.42 Å². The normalized spacial score (nSPS) is 10.7. The van der Waals surface area contributed by atoms with Gasteiger partial charge in [-0.3, -0.25) is 9.78 Å². The number of carbonyl (C=O) groups is 1. The molecule has 1 amide bonds. The molecule has 0 saturated carbocycles. The van der Waals surface area contributed by atoms with Gasteiger partial charge in [-0.15, -0.1) is 11.3 Å². The number of carbonyl (C=O) groups excluding carboxylic acids is 1. The van der Waals surface area contributed by atoms with Gasteiger partial charge in [0.05, 0.1) is 4.88 Å². The molecule has 0 unspecified atom stereocenters. The van der Waals surface area contributed by atoms with Crippen molar-refractivity contribution in [3.05, 3.63) is 90.0 Å². The van der Waals surface area contributed by atoms with Gasteiger partial charge >= 0.3 is 0 Å². The quantitative estimate of drug-likeness (QED) is 0.481. The van der Waals surface area contributed by atoms with Crippen LogP contribution in [0.3, 0.4) is 0 Å². The highest BCUT2D eigenvalue weighted by molar-refractivity contribution is 7.19. The van der Waals surface area contributed by atoms with Crippen molar-refractivity contribution in [3.8, 4) is 21.0 Å². The maximum Gasteiger partial charge on any atom is 0.252 e. The number of nitrogens with two attached hydrogens (primary N) is 1. The van der Waals surface area contributed by atoms with Gasteiger partial charge in [0.2, 0.25) is 0 Å². The molecule has 0 saturated heterocycles. The number of nitrogens with one attached hydrogen (secondary N) is 1. The predicted molar refractivity (Wildman–Crippen MR) is 118 cm³/mol. The minimum absolute atomic E-state index is 0.206. The lowest BCUT2D eigenvalue weighted by atomic mass is 10.1. The number of rotatable bonds is 6. The maximum atomic E-state index is 14.2. The van der Waals surface area contributed by atoms with Gasteiger partial charge in [0, 0.05) is 41.5 Å². The van der Waals surface area contributed by atoms with Crippen LogP contribution in [0.15, 0.2) is 72.9 Å². The first-order valence-corrected chi connectivity index (χ1v) is 10.2. The lowest BCUT2D eigenvalue weighted by Crippen LogP contribution is -2.26. The van der Waals surface area contributed by atoms with E-state index in [-0.39, 0.29) is 17.5 Å². The average Bonchev–Trinajstić information content (AvgIpc) is 3.16. The molecule has 0 fully saturated rings. The first-order chi connectivity index (χ1) is 14.6. The number of aromatic nitrogens is 2. The average molecular weight is 418 g/mol. The molecule has 0 spiro atoms. The molecular formula is C23H19FN4OS. The van der Waals surface area contributed by atoms with E-state index in [2.05, 4.69) is 15.3 Å². The SMILES string of the molecule is Nc1nc(-c2ccccc2C(=O)NCCc2ccccn2)sc1-c1ccccc1F. The Morgan fingerprint density at radius 2 is 1.73 bits per heavy atom. The van der Waals surface area contributed by atoms with E-state index >= 15 is 0 Å². The van der Waals surface area contributed by atoms with Crippen molar-refractivity contribution in [1.82, 2.24) is 15.3 Å². The van der Waals surface area contributed by atoms with Gasteiger partial charge in [0.15, 0.2) is 0 Å². The van der Waals surface area contributed by atoms with Crippen LogP contribution in [0, 0.1) is 5.82 Å². The zero-order valence-electron chi connectivity index (χ0n) is 16.0. The zero-order chi connectivity index (χ0) is 20.9. The molecule has 0 aliphatic rings. The van der Waals surface area contributed by atoms with Gasteiger partial charge in [-0.1, -0.05) is 42.5 Å². The van der Waals surface area contributed by atoms with Crippen LogP contribution in [0.25, 0.3) is 21.0 Å². The lowest BCUT2D eigenvalue weighted by molar-refractivity contribution is 0.0954. The smallest absolute Gasteiger partial charge is 0.252 e. The Labute approximate surface area is 177 Å². The minimum Gasteiger partial charge on any atom is -0.382 e.